The van der Waals surface area contributed by atoms with Crippen molar-refractivity contribution in [1.82, 2.24) is 0 Å². The predicted octanol–water partition coefficient (Wildman–Crippen LogP) is 3.68. The van der Waals surface area contributed by atoms with Gasteiger partial charge < -0.3 is 5.73 Å². The summed E-state index contributed by atoms with van der Waals surface area (Å²) in [6, 6.07) is 9.16. The number of aryl methyl sites for hydroxylation is 1. The fraction of sp³-hybridized carbons (Fsp3) is 0.0769. The fourth-order valence-corrected chi connectivity index (χ4v) is 3.27. The lowest BCUT2D eigenvalue weighted by Gasteiger charge is -2.11. The minimum atomic E-state index is -3.76. The van der Waals surface area contributed by atoms with Gasteiger partial charge in [-0.25, -0.2) is 8.42 Å². The van der Waals surface area contributed by atoms with Gasteiger partial charge in [-0.2, -0.15) is 0 Å². The average molecular weight is 331 g/mol. The van der Waals surface area contributed by atoms with Crippen molar-refractivity contribution in [1.29, 1.82) is 0 Å². The van der Waals surface area contributed by atoms with Crippen LogP contribution in [0.5, 0.6) is 0 Å². The largest absolute Gasteiger partial charge is 0.398 e. The number of hydrogen-bond donors (Lipinski definition) is 2. The molecule has 0 saturated heterocycles. The standard InChI is InChI=1S/C13H12Cl2N2O2S/c1-8-2-5-13(11(15)6-8)17-20(18,19)9-3-4-12(16)10(14)7-9/h2-7,17H,16H2,1H3. The maximum Gasteiger partial charge on any atom is 0.261 e. The SMILES string of the molecule is Cc1ccc(NS(=O)(=O)c2ccc(N)c(Cl)c2)c(Cl)c1. The number of sulfonamides is 1. The Morgan fingerprint density at radius 2 is 1.75 bits per heavy atom. The molecule has 106 valence electrons. The zero-order chi connectivity index (χ0) is 14.9. The Hall–Kier alpha value is -1.43. The summed E-state index contributed by atoms with van der Waals surface area (Å²) in [4.78, 5) is 0.0216. The van der Waals surface area contributed by atoms with Crippen LogP contribution in [0, 0.1) is 6.92 Å². The smallest absolute Gasteiger partial charge is 0.261 e. The van der Waals surface area contributed by atoms with Crippen LogP contribution in [0.2, 0.25) is 10.0 Å². The Morgan fingerprint density at radius 1 is 1.05 bits per heavy atom. The van der Waals surface area contributed by atoms with Gasteiger partial charge in [0, 0.05) is 0 Å². The van der Waals surface area contributed by atoms with Crippen molar-refractivity contribution in [3.8, 4) is 0 Å². The average Bonchev–Trinajstić information content (AvgIpc) is 2.36. The highest BCUT2D eigenvalue weighted by atomic mass is 35.5. The first-order valence-corrected chi connectivity index (χ1v) is 7.87. The summed E-state index contributed by atoms with van der Waals surface area (Å²) in [6.07, 6.45) is 0. The van der Waals surface area contributed by atoms with E-state index in [0.717, 1.165) is 5.56 Å². The molecule has 2 rings (SSSR count). The highest BCUT2D eigenvalue weighted by Crippen LogP contribution is 2.27. The molecule has 0 aromatic heterocycles. The van der Waals surface area contributed by atoms with E-state index >= 15 is 0 Å². The normalized spacial score (nSPS) is 11.3. The van der Waals surface area contributed by atoms with E-state index in [-0.39, 0.29) is 9.92 Å². The fourth-order valence-electron chi connectivity index (χ4n) is 1.58. The third kappa shape index (κ3) is 3.17. The summed E-state index contributed by atoms with van der Waals surface area (Å²) < 4.78 is 26.9. The van der Waals surface area contributed by atoms with Crippen molar-refractivity contribution >= 4 is 44.6 Å². The van der Waals surface area contributed by atoms with E-state index in [9.17, 15) is 8.42 Å². The number of benzene rings is 2. The summed E-state index contributed by atoms with van der Waals surface area (Å²) >= 11 is 11.8. The molecule has 0 aliphatic heterocycles. The van der Waals surface area contributed by atoms with Crippen LogP contribution in [0.15, 0.2) is 41.3 Å². The molecule has 0 aliphatic carbocycles. The highest BCUT2D eigenvalue weighted by molar-refractivity contribution is 7.92. The van der Waals surface area contributed by atoms with Crippen molar-refractivity contribution in [3.63, 3.8) is 0 Å². The van der Waals surface area contributed by atoms with Crippen molar-refractivity contribution in [2.45, 2.75) is 11.8 Å². The first kappa shape index (κ1) is 15.0. The first-order valence-electron chi connectivity index (χ1n) is 5.63. The lowest BCUT2D eigenvalue weighted by Crippen LogP contribution is -2.13. The maximum atomic E-state index is 12.2. The summed E-state index contributed by atoms with van der Waals surface area (Å²) in [6.45, 7) is 1.86. The number of nitrogens with two attached hydrogens (primary N) is 1. The van der Waals surface area contributed by atoms with Crippen LogP contribution in [0.1, 0.15) is 5.56 Å². The summed E-state index contributed by atoms with van der Waals surface area (Å²) in [5.41, 5.74) is 7.12. The molecule has 2 aromatic carbocycles. The van der Waals surface area contributed by atoms with E-state index in [1.807, 2.05) is 6.92 Å². The molecule has 0 fully saturated rings. The van der Waals surface area contributed by atoms with E-state index in [1.165, 1.54) is 18.2 Å². The second kappa shape index (κ2) is 5.52. The van der Waals surface area contributed by atoms with Crippen molar-refractivity contribution in [3.05, 3.63) is 52.0 Å². The number of rotatable bonds is 3. The van der Waals surface area contributed by atoms with Crippen LogP contribution in [0.3, 0.4) is 0 Å². The lowest BCUT2D eigenvalue weighted by atomic mass is 10.2. The van der Waals surface area contributed by atoms with E-state index in [1.54, 1.807) is 18.2 Å². The Morgan fingerprint density at radius 3 is 2.35 bits per heavy atom. The number of hydrogen-bond acceptors (Lipinski definition) is 3. The van der Waals surface area contributed by atoms with Gasteiger partial charge in [-0.1, -0.05) is 29.3 Å². The molecule has 3 N–H and O–H groups in total. The van der Waals surface area contributed by atoms with Gasteiger partial charge in [-0.15, -0.1) is 0 Å². The Balaban J connectivity index is 2.38. The molecule has 7 heteroatoms. The zero-order valence-corrected chi connectivity index (χ0v) is 12.9. The quantitative estimate of drug-likeness (QED) is 0.843. The minimum absolute atomic E-state index is 0.0216. The lowest BCUT2D eigenvalue weighted by molar-refractivity contribution is 0.601. The number of anilines is 2. The van der Waals surface area contributed by atoms with Gasteiger partial charge in [0.25, 0.3) is 10.0 Å². The molecule has 0 bridgehead atoms. The highest BCUT2D eigenvalue weighted by Gasteiger charge is 2.16. The van der Waals surface area contributed by atoms with Crippen molar-refractivity contribution < 1.29 is 8.42 Å². The zero-order valence-electron chi connectivity index (χ0n) is 10.5. The summed E-state index contributed by atoms with van der Waals surface area (Å²) in [5, 5.41) is 0.512. The third-order valence-corrected chi connectivity index (χ3v) is 4.65. The molecule has 0 heterocycles. The maximum absolute atomic E-state index is 12.2. The van der Waals surface area contributed by atoms with Crippen LogP contribution in [-0.2, 0) is 10.0 Å². The van der Waals surface area contributed by atoms with Gasteiger partial charge in [0.2, 0.25) is 0 Å². The summed E-state index contributed by atoms with van der Waals surface area (Å²) in [5.74, 6) is 0. The van der Waals surface area contributed by atoms with Crippen LogP contribution >= 0.6 is 23.2 Å². The minimum Gasteiger partial charge on any atom is -0.398 e. The van der Waals surface area contributed by atoms with Gasteiger partial charge in [0.05, 0.1) is 26.3 Å². The topological polar surface area (TPSA) is 72.2 Å². The van der Waals surface area contributed by atoms with Crippen LogP contribution < -0.4 is 10.5 Å². The molecule has 0 saturated carbocycles. The van der Waals surface area contributed by atoms with Gasteiger partial charge in [0.15, 0.2) is 0 Å². The molecule has 0 unspecified atom stereocenters. The second-order valence-corrected chi connectivity index (χ2v) is 6.77. The molecular weight excluding hydrogens is 319 g/mol. The molecule has 4 nitrogen and oxygen atoms in total. The Bertz CT molecular complexity index is 761. The van der Waals surface area contributed by atoms with Crippen LogP contribution in [0.25, 0.3) is 0 Å². The molecule has 20 heavy (non-hydrogen) atoms. The van der Waals surface area contributed by atoms with Crippen molar-refractivity contribution in [2.24, 2.45) is 0 Å². The van der Waals surface area contributed by atoms with E-state index in [2.05, 4.69) is 4.72 Å². The van der Waals surface area contributed by atoms with E-state index in [0.29, 0.717) is 16.4 Å². The molecule has 0 spiro atoms. The Labute approximate surface area is 127 Å². The molecule has 2 aromatic rings. The van der Waals surface area contributed by atoms with Crippen LogP contribution in [-0.4, -0.2) is 8.42 Å². The molecule has 0 atom stereocenters. The van der Waals surface area contributed by atoms with E-state index < -0.39 is 10.0 Å². The van der Waals surface area contributed by atoms with Gasteiger partial charge in [-0.3, -0.25) is 4.72 Å². The number of nitrogens with one attached hydrogen (secondary N) is 1. The molecule has 0 radical (unpaired) electrons. The second-order valence-electron chi connectivity index (χ2n) is 4.27. The van der Waals surface area contributed by atoms with Crippen LogP contribution in [0.4, 0.5) is 11.4 Å². The number of halogens is 2. The molecule has 0 amide bonds. The number of nitrogen functional groups attached to an aromatic ring is 1. The Kier molecular flexibility index (Phi) is 4.13. The molecular formula is C13H12Cl2N2O2S. The third-order valence-electron chi connectivity index (χ3n) is 2.65. The monoisotopic (exact) mass is 330 g/mol. The molecule has 0 aliphatic rings. The van der Waals surface area contributed by atoms with Crippen molar-refractivity contribution in [2.75, 3.05) is 10.5 Å². The van der Waals surface area contributed by atoms with E-state index in [4.69, 9.17) is 28.9 Å². The van der Waals surface area contributed by atoms with Gasteiger partial charge in [0.1, 0.15) is 0 Å². The summed E-state index contributed by atoms with van der Waals surface area (Å²) in [7, 11) is -3.76. The van der Waals surface area contributed by atoms with Gasteiger partial charge >= 0.3 is 0 Å². The van der Waals surface area contributed by atoms with Gasteiger partial charge in [-0.05, 0) is 42.8 Å². The first-order chi connectivity index (χ1) is 9.29. The predicted molar refractivity (Wildman–Crippen MR) is 82.9 cm³/mol.